The summed E-state index contributed by atoms with van der Waals surface area (Å²) in [6, 6.07) is 21.3. The highest BCUT2D eigenvalue weighted by molar-refractivity contribution is 7.92. The number of fused-ring (bicyclic) bond motifs is 1. The maximum absolute atomic E-state index is 14.1. The number of nitrogens with one attached hydrogen (secondary N) is 1. The molecule has 2 amide bonds. The molecule has 1 heterocycles. The number of carbonyl (C=O) groups excluding carboxylic acids is 2. The molecule has 0 fully saturated rings. The Kier molecular flexibility index (Phi) is 10.2. The van der Waals surface area contributed by atoms with Crippen LogP contribution >= 0.6 is 0 Å². The van der Waals surface area contributed by atoms with E-state index in [1.54, 1.807) is 36.4 Å². The zero-order valence-corrected chi connectivity index (χ0v) is 24.3. The normalized spacial score (nSPS) is 13.2. The van der Waals surface area contributed by atoms with Gasteiger partial charge in [0, 0.05) is 19.2 Å². The van der Waals surface area contributed by atoms with Gasteiger partial charge in [0.05, 0.1) is 10.6 Å². The topological polar surface area (TPSA) is 105 Å². The van der Waals surface area contributed by atoms with Gasteiger partial charge in [-0.25, -0.2) is 8.42 Å². The molecular weight excluding hydrogens is 542 g/mol. The molecule has 3 aromatic carbocycles. The van der Waals surface area contributed by atoms with E-state index in [4.69, 9.17) is 9.47 Å². The minimum Gasteiger partial charge on any atom is -0.486 e. The van der Waals surface area contributed by atoms with Crippen LogP contribution in [-0.4, -0.2) is 57.5 Å². The molecule has 1 aliphatic rings. The maximum Gasteiger partial charge on any atom is 0.264 e. The molecule has 0 saturated carbocycles. The van der Waals surface area contributed by atoms with Crippen LogP contribution in [0.25, 0.3) is 0 Å². The van der Waals surface area contributed by atoms with Gasteiger partial charge in [-0.3, -0.25) is 13.9 Å². The fourth-order valence-corrected chi connectivity index (χ4v) is 6.07. The molecule has 10 heteroatoms. The van der Waals surface area contributed by atoms with Crippen molar-refractivity contribution < 1.29 is 27.5 Å². The van der Waals surface area contributed by atoms with E-state index in [9.17, 15) is 18.0 Å². The predicted octanol–water partition coefficient (Wildman–Crippen LogP) is 4.38. The Morgan fingerprint density at radius 2 is 1.56 bits per heavy atom. The number of unbranched alkanes of at least 4 members (excludes halogenated alkanes) is 1. The van der Waals surface area contributed by atoms with Crippen LogP contribution in [-0.2, 0) is 26.2 Å². The van der Waals surface area contributed by atoms with Gasteiger partial charge in [0.1, 0.15) is 25.8 Å². The molecule has 0 unspecified atom stereocenters. The average Bonchev–Trinajstić information content (AvgIpc) is 3.00. The highest BCUT2D eigenvalue weighted by Gasteiger charge is 2.34. The summed E-state index contributed by atoms with van der Waals surface area (Å²) >= 11 is 0. The van der Waals surface area contributed by atoms with Crippen LogP contribution in [0.5, 0.6) is 11.5 Å². The highest BCUT2D eigenvalue weighted by Crippen LogP contribution is 2.36. The Morgan fingerprint density at radius 1 is 0.902 bits per heavy atom. The van der Waals surface area contributed by atoms with Crippen molar-refractivity contribution in [3.8, 4) is 11.5 Å². The van der Waals surface area contributed by atoms with Gasteiger partial charge < -0.3 is 19.7 Å². The number of nitrogens with zero attached hydrogens (tertiary/aromatic N) is 2. The number of amides is 2. The van der Waals surface area contributed by atoms with Crippen LogP contribution in [0.15, 0.2) is 83.8 Å². The third-order valence-electron chi connectivity index (χ3n) is 6.84. The minimum atomic E-state index is -4.16. The lowest BCUT2D eigenvalue weighted by atomic mass is 10.1. The molecule has 0 saturated heterocycles. The summed E-state index contributed by atoms with van der Waals surface area (Å²) in [6.45, 7) is 4.75. The molecule has 4 rings (SSSR count). The predicted molar refractivity (Wildman–Crippen MR) is 157 cm³/mol. The number of sulfonamides is 1. The maximum atomic E-state index is 14.1. The Hall–Kier alpha value is -4.05. The number of anilines is 1. The van der Waals surface area contributed by atoms with E-state index in [1.165, 1.54) is 17.0 Å². The van der Waals surface area contributed by atoms with Crippen molar-refractivity contribution in [2.75, 3.05) is 30.6 Å². The van der Waals surface area contributed by atoms with Crippen molar-refractivity contribution in [1.82, 2.24) is 10.2 Å². The monoisotopic (exact) mass is 579 g/mol. The highest BCUT2D eigenvalue weighted by atomic mass is 32.2. The van der Waals surface area contributed by atoms with Crippen molar-refractivity contribution in [1.29, 1.82) is 0 Å². The fourth-order valence-electron chi connectivity index (χ4n) is 4.64. The second kappa shape index (κ2) is 14.0. The van der Waals surface area contributed by atoms with Gasteiger partial charge in [-0.2, -0.15) is 0 Å². The van der Waals surface area contributed by atoms with Gasteiger partial charge in [-0.1, -0.05) is 68.8 Å². The lowest BCUT2D eigenvalue weighted by Crippen LogP contribution is -2.52. The van der Waals surface area contributed by atoms with Gasteiger partial charge in [0.2, 0.25) is 11.8 Å². The lowest BCUT2D eigenvalue weighted by molar-refractivity contribution is -0.140. The number of benzene rings is 3. The number of ether oxygens (including phenoxy) is 2. The van der Waals surface area contributed by atoms with Gasteiger partial charge in [-0.15, -0.1) is 0 Å². The molecule has 0 spiro atoms. The van der Waals surface area contributed by atoms with Crippen molar-refractivity contribution in [3.05, 3.63) is 84.4 Å². The molecule has 41 heavy (non-hydrogen) atoms. The summed E-state index contributed by atoms with van der Waals surface area (Å²) in [4.78, 5) is 28.9. The molecule has 9 nitrogen and oxygen atoms in total. The zero-order chi connectivity index (χ0) is 29.2. The summed E-state index contributed by atoms with van der Waals surface area (Å²) in [6.07, 6.45) is 2.11. The Labute approximate surface area is 242 Å². The van der Waals surface area contributed by atoms with Crippen LogP contribution in [0.2, 0.25) is 0 Å². The van der Waals surface area contributed by atoms with E-state index in [2.05, 4.69) is 5.32 Å². The van der Waals surface area contributed by atoms with Crippen LogP contribution in [0, 0.1) is 0 Å². The first-order chi connectivity index (χ1) is 19.8. The van der Waals surface area contributed by atoms with Crippen molar-refractivity contribution in [2.45, 2.75) is 50.6 Å². The molecule has 3 aromatic rings. The van der Waals surface area contributed by atoms with E-state index in [-0.39, 0.29) is 23.0 Å². The molecule has 1 atom stereocenters. The molecule has 218 valence electrons. The van der Waals surface area contributed by atoms with E-state index in [1.807, 2.05) is 44.2 Å². The average molecular weight is 580 g/mol. The Balaban J connectivity index is 1.72. The van der Waals surface area contributed by atoms with Crippen LogP contribution in [0.1, 0.15) is 38.7 Å². The number of hydrogen-bond acceptors (Lipinski definition) is 6. The molecule has 1 aliphatic heterocycles. The van der Waals surface area contributed by atoms with Gasteiger partial charge >= 0.3 is 0 Å². The summed E-state index contributed by atoms with van der Waals surface area (Å²) in [5, 5.41) is 2.94. The minimum absolute atomic E-state index is 0.0432. The van der Waals surface area contributed by atoms with Crippen LogP contribution < -0.4 is 19.1 Å². The van der Waals surface area contributed by atoms with Gasteiger partial charge in [0.15, 0.2) is 11.5 Å². The largest absolute Gasteiger partial charge is 0.486 e. The van der Waals surface area contributed by atoms with Crippen molar-refractivity contribution >= 4 is 27.5 Å². The summed E-state index contributed by atoms with van der Waals surface area (Å²) in [5.41, 5.74) is 1.09. The summed E-state index contributed by atoms with van der Waals surface area (Å²) < 4.78 is 40.3. The first-order valence-electron chi connectivity index (χ1n) is 13.9. The molecule has 0 bridgehead atoms. The first kappa shape index (κ1) is 29.9. The van der Waals surface area contributed by atoms with Gasteiger partial charge in [-0.05, 0) is 42.7 Å². The van der Waals surface area contributed by atoms with Gasteiger partial charge in [0.25, 0.3) is 10.0 Å². The molecule has 1 N–H and O–H groups in total. The second-order valence-corrected chi connectivity index (χ2v) is 11.6. The molecular formula is C31H37N3O6S. The molecule has 0 aromatic heterocycles. The molecule has 0 radical (unpaired) electrons. The van der Waals surface area contributed by atoms with Crippen molar-refractivity contribution in [2.24, 2.45) is 0 Å². The van der Waals surface area contributed by atoms with E-state index >= 15 is 0 Å². The standard InChI is InChI=1S/C31H37N3O6S/c1-3-5-18-32-31(36)27(4-2)33(22-24-12-8-6-9-13-24)30(35)23-34(41(37,38)26-14-10-7-11-15-26)25-16-17-28-29(21-25)40-20-19-39-28/h6-17,21,27H,3-5,18-20,22-23H2,1-2H3,(H,32,36)/t27-/m0/s1. The number of hydrogen-bond donors (Lipinski definition) is 1. The van der Waals surface area contributed by atoms with Crippen molar-refractivity contribution in [3.63, 3.8) is 0 Å². The van der Waals surface area contributed by atoms with E-state index in [0.717, 1.165) is 22.7 Å². The SMILES string of the molecule is CCCCNC(=O)[C@H](CC)N(Cc1ccccc1)C(=O)CN(c1ccc2c(c1)OCCO2)S(=O)(=O)c1ccccc1. The Bertz CT molecular complexity index is 1420. The fraction of sp³-hybridized carbons (Fsp3) is 0.355. The summed E-state index contributed by atoms with van der Waals surface area (Å²) in [5.74, 6) is 0.143. The zero-order valence-electron chi connectivity index (χ0n) is 23.5. The second-order valence-electron chi connectivity index (χ2n) is 9.73. The third-order valence-corrected chi connectivity index (χ3v) is 8.62. The van der Waals surface area contributed by atoms with Crippen LogP contribution in [0.4, 0.5) is 5.69 Å². The molecule has 0 aliphatic carbocycles. The van der Waals surface area contributed by atoms with E-state index in [0.29, 0.717) is 37.7 Å². The van der Waals surface area contributed by atoms with E-state index < -0.39 is 28.5 Å². The Morgan fingerprint density at radius 3 is 2.22 bits per heavy atom. The number of carbonyl (C=O) groups is 2. The first-order valence-corrected chi connectivity index (χ1v) is 15.4. The third kappa shape index (κ3) is 7.38. The number of rotatable bonds is 13. The van der Waals surface area contributed by atoms with Crippen LogP contribution in [0.3, 0.4) is 0 Å². The summed E-state index contributed by atoms with van der Waals surface area (Å²) in [7, 11) is -4.16. The quantitative estimate of drug-likeness (QED) is 0.302. The lowest BCUT2D eigenvalue weighted by Gasteiger charge is -2.33. The smallest absolute Gasteiger partial charge is 0.264 e.